The third-order valence-electron chi connectivity index (χ3n) is 2.95. The first-order valence-electron chi connectivity index (χ1n) is 5.79. The summed E-state index contributed by atoms with van der Waals surface area (Å²) in [5, 5.41) is 0. The number of halogens is 1. The number of hydrogen-bond acceptors (Lipinski definition) is 3. The Morgan fingerprint density at radius 2 is 2.06 bits per heavy atom. The van der Waals surface area contributed by atoms with E-state index in [4.69, 9.17) is 5.73 Å². The minimum atomic E-state index is -0.122. The first kappa shape index (κ1) is 11.8. The molecule has 0 unspecified atom stereocenters. The summed E-state index contributed by atoms with van der Waals surface area (Å²) in [7, 11) is 0. The number of allylic oxidation sites excluding steroid dienone is 5. The van der Waals surface area contributed by atoms with E-state index in [1.807, 2.05) is 0 Å². The van der Waals surface area contributed by atoms with Gasteiger partial charge in [0.05, 0.1) is 11.3 Å². The molecule has 2 aliphatic rings. The topological polar surface area (TPSA) is 55.5 Å². The lowest BCUT2D eigenvalue weighted by atomic mass is 9.92. The second kappa shape index (κ2) is 5.08. The SMILES string of the molecule is NC=C1C(=O)CCCC1=NC1=CC=C(F)CC1. The number of nitrogens with zero attached hydrogens (tertiary/aromatic N) is 1. The van der Waals surface area contributed by atoms with Gasteiger partial charge in [-0.1, -0.05) is 0 Å². The summed E-state index contributed by atoms with van der Waals surface area (Å²) in [6.45, 7) is 0. The smallest absolute Gasteiger partial charge is 0.166 e. The highest BCUT2D eigenvalue weighted by atomic mass is 19.1. The average molecular weight is 234 g/mol. The molecule has 2 N–H and O–H groups in total. The first-order valence-corrected chi connectivity index (χ1v) is 5.79. The summed E-state index contributed by atoms with van der Waals surface area (Å²) in [6, 6.07) is 0. The van der Waals surface area contributed by atoms with Gasteiger partial charge in [0.15, 0.2) is 5.78 Å². The highest BCUT2D eigenvalue weighted by molar-refractivity contribution is 6.24. The van der Waals surface area contributed by atoms with Crippen LogP contribution in [0.1, 0.15) is 32.1 Å². The number of nitrogens with two attached hydrogens (primary N) is 1. The van der Waals surface area contributed by atoms with E-state index in [2.05, 4.69) is 4.99 Å². The van der Waals surface area contributed by atoms with Crippen molar-refractivity contribution in [1.82, 2.24) is 0 Å². The molecule has 4 heteroatoms. The van der Waals surface area contributed by atoms with Gasteiger partial charge in [0.1, 0.15) is 5.83 Å². The second-order valence-electron chi connectivity index (χ2n) is 4.19. The van der Waals surface area contributed by atoms with Crippen molar-refractivity contribution in [1.29, 1.82) is 0 Å². The number of ketones is 1. The molecule has 2 aliphatic carbocycles. The molecular weight excluding hydrogens is 219 g/mol. The van der Waals surface area contributed by atoms with Crippen LogP contribution in [-0.2, 0) is 4.79 Å². The van der Waals surface area contributed by atoms with Crippen molar-refractivity contribution < 1.29 is 9.18 Å². The fourth-order valence-electron chi connectivity index (χ4n) is 2.02. The van der Waals surface area contributed by atoms with Crippen LogP contribution in [0.2, 0.25) is 0 Å². The van der Waals surface area contributed by atoms with E-state index in [1.165, 1.54) is 12.3 Å². The van der Waals surface area contributed by atoms with Gasteiger partial charge in [-0.3, -0.25) is 9.79 Å². The molecule has 17 heavy (non-hydrogen) atoms. The summed E-state index contributed by atoms with van der Waals surface area (Å²) >= 11 is 0. The molecule has 0 aromatic rings. The Hall–Kier alpha value is -1.71. The Balaban J connectivity index is 2.24. The lowest BCUT2D eigenvalue weighted by Gasteiger charge is -2.16. The minimum absolute atomic E-state index is 0.0515. The Morgan fingerprint density at radius 1 is 1.24 bits per heavy atom. The number of aliphatic imine (C=N–C) groups is 1. The van der Waals surface area contributed by atoms with Gasteiger partial charge in [-0.05, 0) is 31.4 Å². The summed E-state index contributed by atoms with van der Waals surface area (Å²) in [6.07, 6.45) is 7.51. The molecule has 3 nitrogen and oxygen atoms in total. The molecule has 0 bridgehead atoms. The Labute approximate surface area is 99.6 Å². The average Bonchev–Trinajstić information content (AvgIpc) is 2.32. The maximum atomic E-state index is 12.8. The van der Waals surface area contributed by atoms with Crippen molar-refractivity contribution in [3.05, 3.63) is 35.4 Å². The maximum absolute atomic E-state index is 12.8. The second-order valence-corrected chi connectivity index (χ2v) is 4.19. The van der Waals surface area contributed by atoms with E-state index in [0.29, 0.717) is 24.8 Å². The lowest BCUT2D eigenvalue weighted by Crippen LogP contribution is -2.20. The Morgan fingerprint density at radius 3 is 2.71 bits per heavy atom. The molecule has 0 aromatic heterocycles. The summed E-state index contributed by atoms with van der Waals surface area (Å²) in [5.41, 5.74) is 7.53. The molecular formula is C13H15FN2O. The number of carbonyl (C=O) groups is 1. The molecule has 0 heterocycles. The monoisotopic (exact) mass is 234 g/mol. The molecule has 0 aromatic carbocycles. The largest absolute Gasteiger partial charge is 0.404 e. The van der Waals surface area contributed by atoms with Crippen LogP contribution in [0.25, 0.3) is 0 Å². The standard InChI is InChI=1S/C13H15FN2O/c14-9-4-6-10(7-5-9)16-12-2-1-3-13(17)11(12)8-15/h4,6,8H,1-3,5,7,15H2. The third kappa shape index (κ3) is 2.70. The van der Waals surface area contributed by atoms with Crippen molar-refractivity contribution in [3.63, 3.8) is 0 Å². The van der Waals surface area contributed by atoms with Gasteiger partial charge >= 0.3 is 0 Å². The van der Waals surface area contributed by atoms with Gasteiger partial charge in [0, 0.05) is 24.7 Å². The molecule has 90 valence electrons. The quantitative estimate of drug-likeness (QED) is 0.709. The van der Waals surface area contributed by atoms with Crippen molar-refractivity contribution in [2.45, 2.75) is 32.1 Å². The summed E-state index contributed by atoms with van der Waals surface area (Å²) < 4.78 is 12.8. The van der Waals surface area contributed by atoms with Crippen LogP contribution in [0.3, 0.4) is 0 Å². The highest BCUT2D eigenvalue weighted by Crippen LogP contribution is 2.23. The van der Waals surface area contributed by atoms with Crippen LogP contribution in [0.5, 0.6) is 0 Å². The number of hydrogen-bond donors (Lipinski definition) is 1. The van der Waals surface area contributed by atoms with E-state index in [-0.39, 0.29) is 11.6 Å². The van der Waals surface area contributed by atoms with E-state index in [0.717, 1.165) is 24.3 Å². The van der Waals surface area contributed by atoms with E-state index >= 15 is 0 Å². The van der Waals surface area contributed by atoms with Crippen LogP contribution >= 0.6 is 0 Å². The van der Waals surface area contributed by atoms with Crippen LogP contribution in [-0.4, -0.2) is 11.5 Å². The molecule has 0 amide bonds. The zero-order valence-corrected chi connectivity index (χ0v) is 9.58. The molecule has 0 saturated heterocycles. The van der Waals surface area contributed by atoms with Crippen molar-refractivity contribution in [2.24, 2.45) is 10.7 Å². The molecule has 1 saturated carbocycles. The number of rotatable bonds is 1. The van der Waals surface area contributed by atoms with Crippen molar-refractivity contribution in [3.8, 4) is 0 Å². The molecule has 0 atom stereocenters. The third-order valence-corrected chi connectivity index (χ3v) is 2.95. The summed E-state index contributed by atoms with van der Waals surface area (Å²) in [4.78, 5) is 16.0. The Kier molecular flexibility index (Phi) is 3.52. The Bertz CT molecular complexity index is 458. The van der Waals surface area contributed by atoms with Crippen LogP contribution in [0, 0.1) is 0 Å². The van der Waals surface area contributed by atoms with Gasteiger partial charge in [-0.2, -0.15) is 0 Å². The lowest BCUT2D eigenvalue weighted by molar-refractivity contribution is -0.115. The zero-order chi connectivity index (χ0) is 12.3. The van der Waals surface area contributed by atoms with Gasteiger partial charge in [0.2, 0.25) is 0 Å². The molecule has 2 rings (SSSR count). The predicted octanol–water partition coefficient (Wildman–Crippen LogP) is 2.55. The first-order chi connectivity index (χ1) is 8.20. The molecule has 0 radical (unpaired) electrons. The maximum Gasteiger partial charge on any atom is 0.166 e. The van der Waals surface area contributed by atoms with Gasteiger partial charge in [-0.25, -0.2) is 4.39 Å². The van der Waals surface area contributed by atoms with Gasteiger partial charge in [0.25, 0.3) is 0 Å². The minimum Gasteiger partial charge on any atom is -0.404 e. The molecule has 0 aliphatic heterocycles. The fraction of sp³-hybridized carbons (Fsp3) is 0.385. The zero-order valence-electron chi connectivity index (χ0n) is 9.58. The van der Waals surface area contributed by atoms with Crippen LogP contribution < -0.4 is 5.73 Å². The number of carbonyl (C=O) groups excluding carboxylic acids is 1. The van der Waals surface area contributed by atoms with Crippen LogP contribution in [0.4, 0.5) is 4.39 Å². The summed E-state index contributed by atoms with van der Waals surface area (Å²) in [5.74, 6) is -0.0705. The van der Waals surface area contributed by atoms with Crippen LogP contribution in [0.15, 0.2) is 40.4 Å². The van der Waals surface area contributed by atoms with Gasteiger partial charge < -0.3 is 5.73 Å². The van der Waals surface area contributed by atoms with Gasteiger partial charge in [-0.15, -0.1) is 0 Å². The normalized spacial score (nSPS) is 26.1. The highest BCUT2D eigenvalue weighted by Gasteiger charge is 2.21. The van der Waals surface area contributed by atoms with Crippen molar-refractivity contribution >= 4 is 11.5 Å². The predicted molar refractivity (Wildman–Crippen MR) is 65.1 cm³/mol. The van der Waals surface area contributed by atoms with E-state index < -0.39 is 0 Å². The van der Waals surface area contributed by atoms with E-state index in [1.54, 1.807) is 6.08 Å². The van der Waals surface area contributed by atoms with E-state index in [9.17, 15) is 9.18 Å². The molecule has 0 spiro atoms. The molecule has 1 fully saturated rings. The number of Topliss-reactive ketones (excluding diaryl/α,β-unsaturated/α-hetero) is 1. The van der Waals surface area contributed by atoms with Crippen molar-refractivity contribution in [2.75, 3.05) is 0 Å². The fourth-order valence-corrected chi connectivity index (χ4v) is 2.02.